The second-order valence-corrected chi connectivity index (χ2v) is 12.7. The smallest absolute Gasteiger partial charge is 0.417 e. The molecule has 2 heterocycles. The van der Waals surface area contributed by atoms with Crippen LogP contribution in [0.15, 0.2) is 83.8 Å². The number of alkyl halides is 3. The number of halogens is 3. The summed E-state index contributed by atoms with van der Waals surface area (Å²) in [7, 11) is -4.68. The maximum Gasteiger partial charge on any atom is 0.417 e. The van der Waals surface area contributed by atoms with Crippen molar-refractivity contribution >= 4 is 64.8 Å². The number of rotatable bonds is 5. The Morgan fingerprint density at radius 3 is 2.21 bits per heavy atom. The van der Waals surface area contributed by atoms with Crippen LogP contribution < -0.4 is 5.32 Å². The Kier molecular flexibility index (Phi) is 6.84. The number of fused-ring (bicyclic) bond motifs is 2. The molecule has 42 heavy (non-hydrogen) atoms. The Morgan fingerprint density at radius 1 is 0.857 bits per heavy atom. The molecule has 2 aromatic heterocycles. The lowest BCUT2D eigenvalue weighted by molar-refractivity contribution is -0.137. The quantitative estimate of drug-likeness (QED) is 0.197. The molecule has 13 heteroatoms. The Balaban J connectivity index is 1.26. The summed E-state index contributed by atoms with van der Waals surface area (Å²) in [6.45, 7) is 1.57. The first-order valence-corrected chi connectivity index (χ1v) is 15.3. The van der Waals surface area contributed by atoms with Gasteiger partial charge in [0.25, 0.3) is 5.91 Å². The first kappa shape index (κ1) is 28.0. The van der Waals surface area contributed by atoms with Gasteiger partial charge in [0.2, 0.25) is 0 Å². The average Bonchev–Trinajstić information content (AvgIpc) is 3.56. The molecule has 6 aromatic rings. The minimum Gasteiger partial charge on any atom is -0.744 e. The van der Waals surface area contributed by atoms with Gasteiger partial charge < -0.3 is 9.87 Å². The van der Waals surface area contributed by atoms with E-state index in [1.54, 1.807) is 43.3 Å². The van der Waals surface area contributed by atoms with E-state index in [1.165, 1.54) is 23.5 Å². The summed E-state index contributed by atoms with van der Waals surface area (Å²) < 4.78 is 76.7. The first-order chi connectivity index (χ1) is 19.9. The zero-order valence-electron chi connectivity index (χ0n) is 21.4. The van der Waals surface area contributed by atoms with Crippen LogP contribution in [0.4, 0.5) is 18.9 Å². The number of carbonyl (C=O) groups excluding carboxylic acids is 1. The van der Waals surface area contributed by atoms with Gasteiger partial charge in [0.1, 0.15) is 20.1 Å². The van der Waals surface area contributed by atoms with E-state index in [1.807, 2.05) is 18.2 Å². The van der Waals surface area contributed by atoms with Crippen molar-refractivity contribution in [1.29, 1.82) is 0 Å². The predicted molar refractivity (Wildman–Crippen MR) is 156 cm³/mol. The summed E-state index contributed by atoms with van der Waals surface area (Å²) in [6, 6.07) is 20.0. The maximum atomic E-state index is 13.3. The highest BCUT2D eigenvalue weighted by molar-refractivity contribution is 7.86. The summed E-state index contributed by atoms with van der Waals surface area (Å²) in [4.78, 5) is 21.5. The van der Waals surface area contributed by atoms with E-state index < -0.39 is 33.3 Å². The van der Waals surface area contributed by atoms with Crippen molar-refractivity contribution in [2.24, 2.45) is 0 Å². The number of thiazole rings is 2. The number of benzene rings is 4. The zero-order valence-corrected chi connectivity index (χ0v) is 23.8. The SMILES string of the molecule is Cc1ccc2nc(-c3ccc4nc(-c5ccc(NC(=O)c6ccccc6C(F)(F)F)cc5)sc4c3)sc2c1S(=O)(=O)[O-]. The minimum atomic E-state index is -4.68. The molecular formula is C29H17F3N3O4S3-. The van der Waals surface area contributed by atoms with Gasteiger partial charge >= 0.3 is 6.18 Å². The fourth-order valence-electron chi connectivity index (χ4n) is 4.50. The van der Waals surface area contributed by atoms with E-state index in [9.17, 15) is 30.9 Å². The number of carbonyl (C=O) groups is 1. The van der Waals surface area contributed by atoms with E-state index in [4.69, 9.17) is 0 Å². The third kappa shape index (κ3) is 5.27. The number of nitrogens with zero attached hydrogens (tertiary/aromatic N) is 2. The van der Waals surface area contributed by atoms with E-state index in [2.05, 4.69) is 15.3 Å². The van der Waals surface area contributed by atoms with Crippen molar-refractivity contribution < 1.29 is 30.9 Å². The normalized spacial score (nSPS) is 12.2. The van der Waals surface area contributed by atoms with Crippen LogP contribution in [0.25, 0.3) is 41.6 Å². The van der Waals surface area contributed by atoms with E-state index in [0.29, 0.717) is 31.5 Å². The molecule has 0 fully saturated rings. The molecule has 0 atom stereocenters. The Labute approximate surface area is 245 Å². The molecule has 0 saturated heterocycles. The molecule has 0 unspecified atom stereocenters. The van der Waals surface area contributed by atoms with Crippen molar-refractivity contribution in [3.8, 4) is 21.1 Å². The average molecular weight is 625 g/mol. The molecule has 0 radical (unpaired) electrons. The largest absolute Gasteiger partial charge is 0.744 e. The molecule has 7 nitrogen and oxygen atoms in total. The number of nitrogens with one attached hydrogen (secondary N) is 1. The second kappa shape index (κ2) is 10.3. The van der Waals surface area contributed by atoms with E-state index in [-0.39, 0.29) is 4.90 Å². The second-order valence-electron chi connectivity index (χ2n) is 9.31. The number of hydrogen-bond acceptors (Lipinski definition) is 8. The van der Waals surface area contributed by atoms with Gasteiger partial charge in [0.15, 0.2) is 0 Å². The third-order valence-corrected chi connectivity index (χ3v) is 9.82. The maximum absolute atomic E-state index is 13.3. The first-order valence-electron chi connectivity index (χ1n) is 12.2. The van der Waals surface area contributed by atoms with Crippen molar-refractivity contribution in [1.82, 2.24) is 9.97 Å². The minimum absolute atomic E-state index is 0.255. The van der Waals surface area contributed by atoms with Crippen LogP contribution in [-0.2, 0) is 16.3 Å². The Morgan fingerprint density at radius 2 is 1.50 bits per heavy atom. The third-order valence-electron chi connectivity index (χ3n) is 6.46. The van der Waals surface area contributed by atoms with Crippen LogP contribution in [0.3, 0.4) is 0 Å². The molecule has 212 valence electrons. The standard InChI is InChI=1S/C29H18F3N3O4S3/c1-15-6-12-22-24(25(15)42(37,38)39)41-28(35-22)17-9-13-21-23(14-17)40-27(34-21)16-7-10-18(11-8-16)33-26(36)19-4-2-3-5-20(19)29(30,31)32/h2-14H,1H3,(H,33,36)(H,37,38,39)/p-1. The Hall–Kier alpha value is -4.17. The highest BCUT2D eigenvalue weighted by Crippen LogP contribution is 2.39. The van der Waals surface area contributed by atoms with Gasteiger partial charge in [-0.05, 0) is 73.2 Å². The van der Waals surface area contributed by atoms with Gasteiger partial charge in [0, 0.05) is 16.8 Å². The van der Waals surface area contributed by atoms with E-state index in [0.717, 1.165) is 44.8 Å². The number of hydrogen-bond donors (Lipinski definition) is 1. The van der Waals surface area contributed by atoms with Crippen LogP contribution >= 0.6 is 22.7 Å². The van der Waals surface area contributed by atoms with Crippen LogP contribution in [0.5, 0.6) is 0 Å². The van der Waals surface area contributed by atoms with Gasteiger partial charge in [-0.1, -0.05) is 18.2 Å². The summed E-state index contributed by atoms with van der Waals surface area (Å²) in [5.41, 5.74) is 1.85. The lowest BCUT2D eigenvalue weighted by Gasteiger charge is -2.12. The fraction of sp³-hybridized carbons (Fsp3) is 0.0690. The highest BCUT2D eigenvalue weighted by atomic mass is 32.2. The molecule has 0 bridgehead atoms. The molecule has 1 amide bonds. The molecule has 6 rings (SSSR count). The molecule has 0 saturated carbocycles. The van der Waals surface area contributed by atoms with Crippen LogP contribution in [0.2, 0.25) is 0 Å². The van der Waals surface area contributed by atoms with Gasteiger partial charge in [-0.15, -0.1) is 22.7 Å². The van der Waals surface area contributed by atoms with Gasteiger partial charge in [-0.2, -0.15) is 13.2 Å². The number of amides is 1. The number of anilines is 1. The molecule has 0 spiro atoms. The van der Waals surface area contributed by atoms with Gasteiger partial charge in [-0.3, -0.25) is 4.79 Å². The monoisotopic (exact) mass is 624 g/mol. The molecule has 0 aliphatic rings. The summed E-state index contributed by atoms with van der Waals surface area (Å²) in [5, 5.41) is 3.75. The van der Waals surface area contributed by atoms with Crippen LogP contribution in [0.1, 0.15) is 21.5 Å². The number of aromatic nitrogens is 2. The topological polar surface area (TPSA) is 112 Å². The molecule has 0 aliphatic carbocycles. The molecular weight excluding hydrogens is 608 g/mol. The molecule has 4 aromatic carbocycles. The highest BCUT2D eigenvalue weighted by Gasteiger charge is 2.34. The zero-order chi connectivity index (χ0) is 29.8. The van der Waals surface area contributed by atoms with Crippen molar-refractivity contribution in [2.45, 2.75) is 18.0 Å². The van der Waals surface area contributed by atoms with Gasteiger partial charge in [0.05, 0.1) is 36.5 Å². The van der Waals surface area contributed by atoms with Crippen LogP contribution in [-0.4, -0.2) is 28.8 Å². The summed E-state index contributed by atoms with van der Waals surface area (Å²) >= 11 is 2.54. The number of aryl methyl sites for hydroxylation is 1. The lowest BCUT2D eigenvalue weighted by Crippen LogP contribution is -2.18. The molecule has 0 aliphatic heterocycles. The summed E-state index contributed by atoms with van der Waals surface area (Å²) in [6.07, 6.45) is -4.66. The van der Waals surface area contributed by atoms with Crippen molar-refractivity contribution in [2.75, 3.05) is 5.32 Å². The fourth-order valence-corrected chi connectivity index (χ4v) is 7.79. The summed E-state index contributed by atoms with van der Waals surface area (Å²) in [5.74, 6) is -0.867. The van der Waals surface area contributed by atoms with E-state index >= 15 is 0 Å². The Bertz CT molecular complexity index is 2120. The van der Waals surface area contributed by atoms with Gasteiger partial charge in [-0.25, -0.2) is 18.4 Å². The van der Waals surface area contributed by atoms with Crippen molar-refractivity contribution in [3.63, 3.8) is 0 Å². The molecule has 1 N–H and O–H groups in total. The predicted octanol–water partition coefficient (Wildman–Crippen LogP) is 7.72. The van der Waals surface area contributed by atoms with Crippen molar-refractivity contribution in [3.05, 3.63) is 95.6 Å². The lowest BCUT2D eigenvalue weighted by atomic mass is 10.1. The van der Waals surface area contributed by atoms with Crippen LogP contribution in [0, 0.1) is 6.92 Å².